The molecule has 1 rings (SSSR count). The molecule has 0 aliphatic carbocycles. The number of carboxylic acids is 1. The second kappa shape index (κ2) is 6.88. The minimum atomic E-state index is -0.916. The van der Waals surface area contributed by atoms with E-state index in [9.17, 15) is 4.79 Å². The Bertz CT molecular complexity index is 350. The van der Waals surface area contributed by atoms with E-state index in [0.717, 1.165) is 11.3 Å². The van der Waals surface area contributed by atoms with Gasteiger partial charge in [-0.15, -0.1) is 0 Å². The maximum atomic E-state index is 10.8. The number of carbonyl (C=O) groups is 1. The molecule has 0 heterocycles. The van der Waals surface area contributed by atoms with E-state index in [2.05, 4.69) is 5.32 Å². The number of benzene rings is 1. The first kappa shape index (κ1) is 13.5. The van der Waals surface area contributed by atoms with Crippen molar-refractivity contribution in [2.24, 2.45) is 0 Å². The Labute approximate surface area is 100 Å². The number of methoxy groups -OCH3 is 2. The van der Waals surface area contributed by atoms with Crippen molar-refractivity contribution in [3.05, 3.63) is 29.8 Å². The summed E-state index contributed by atoms with van der Waals surface area (Å²) in [5, 5.41) is 11.8. The molecule has 2 N–H and O–H groups in total. The Morgan fingerprint density at radius 3 is 2.47 bits per heavy atom. The molecule has 5 nitrogen and oxygen atoms in total. The maximum absolute atomic E-state index is 10.8. The number of ether oxygens (including phenoxy) is 2. The van der Waals surface area contributed by atoms with Crippen molar-refractivity contribution in [1.82, 2.24) is 5.32 Å². The van der Waals surface area contributed by atoms with Crippen molar-refractivity contribution in [2.75, 3.05) is 20.8 Å². The maximum Gasteiger partial charge on any atom is 0.323 e. The lowest BCUT2D eigenvalue weighted by Gasteiger charge is -2.13. The molecular weight excluding hydrogens is 222 g/mol. The number of nitrogens with one attached hydrogen (secondary N) is 1. The summed E-state index contributed by atoms with van der Waals surface area (Å²) in [5.41, 5.74) is 0.994. The van der Waals surface area contributed by atoms with Crippen LogP contribution in [0.15, 0.2) is 24.3 Å². The van der Waals surface area contributed by atoms with Crippen molar-refractivity contribution in [1.29, 1.82) is 0 Å². The summed E-state index contributed by atoms with van der Waals surface area (Å²) >= 11 is 0. The molecule has 0 saturated heterocycles. The average Bonchev–Trinajstić information content (AvgIpc) is 2.34. The van der Waals surface area contributed by atoms with Gasteiger partial charge in [0.2, 0.25) is 0 Å². The molecule has 0 saturated carbocycles. The highest BCUT2D eigenvalue weighted by Gasteiger charge is 2.15. The summed E-state index contributed by atoms with van der Waals surface area (Å²) in [6.45, 7) is 0.621. The molecule has 0 unspecified atom stereocenters. The van der Waals surface area contributed by atoms with Crippen LogP contribution in [0.2, 0.25) is 0 Å². The lowest BCUT2D eigenvalue weighted by atomic mass is 10.2. The van der Waals surface area contributed by atoms with Gasteiger partial charge in [0.15, 0.2) is 0 Å². The molecule has 1 aromatic carbocycles. The Balaban J connectivity index is 2.50. The fourth-order valence-electron chi connectivity index (χ4n) is 1.37. The Kier molecular flexibility index (Phi) is 5.45. The second-order valence-electron chi connectivity index (χ2n) is 3.58. The summed E-state index contributed by atoms with van der Waals surface area (Å²) in [5.74, 6) is -0.138. The number of hydrogen-bond acceptors (Lipinski definition) is 4. The quantitative estimate of drug-likeness (QED) is 0.739. The van der Waals surface area contributed by atoms with Gasteiger partial charge < -0.3 is 14.6 Å². The lowest BCUT2D eigenvalue weighted by molar-refractivity contribution is -0.140. The zero-order valence-electron chi connectivity index (χ0n) is 9.97. The highest BCUT2D eigenvalue weighted by Crippen LogP contribution is 2.11. The van der Waals surface area contributed by atoms with Gasteiger partial charge in [-0.2, -0.15) is 0 Å². The van der Waals surface area contributed by atoms with Gasteiger partial charge in [-0.3, -0.25) is 10.1 Å². The molecule has 0 amide bonds. The van der Waals surface area contributed by atoms with E-state index < -0.39 is 12.0 Å². The van der Waals surface area contributed by atoms with Crippen LogP contribution in [0.3, 0.4) is 0 Å². The first-order valence-electron chi connectivity index (χ1n) is 5.25. The van der Waals surface area contributed by atoms with Crippen LogP contribution < -0.4 is 10.1 Å². The van der Waals surface area contributed by atoms with E-state index in [1.54, 1.807) is 7.11 Å². The van der Waals surface area contributed by atoms with Crippen LogP contribution in [0.25, 0.3) is 0 Å². The van der Waals surface area contributed by atoms with Crippen molar-refractivity contribution < 1.29 is 19.4 Å². The van der Waals surface area contributed by atoms with Crippen LogP contribution in [0.4, 0.5) is 0 Å². The number of rotatable bonds is 7. The predicted molar refractivity (Wildman–Crippen MR) is 63.1 cm³/mol. The molecule has 17 heavy (non-hydrogen) atoms. The van der Waals surface area contributed by atoms with Crippen LogP contribution in [-0.4, -0.2) is 37.9 Å². The SMILES string of the molecule is COC[C@H](NCc1ccc(OC)cc1)C(=O)O. The van der Waals surface area contributed by atoms with Crippen molar-refractivity contribution in [2.45, 2.75) is 12.6 Å². The summed E-state index contributed by atoms with van der Waals surface area (Å²) < 4.78 is 9.86. The van der Waals surface area contributed by atoms with E-state index in [0.29, 0.717) is 6.54 Å². The fraction of sp³-hybridized carbons (Fsp3) is 0.417. The largest absolute Gasteiger partial charge is 0.497 e. The molecule has 5 heteroatoms. The van der Waals surface area contributed by atoms with E-state index in [1.165, 1.54) is 7.11 Å². The van der Waals surface area contributed by atoms with Gasteiger partial charge in [0.25, 0.3) is 0 Å². The molecular formula is C12H17NO4. The highest BCUT2D eigenvalue weighted by atomic mass is 16.5. The minimum absolute atomic E-state index is 0.144. The average molecular weight is 239 g/mol. The van der Waals surface area contributed by atoms with Crippen molar-refractivity contribution >= 4 is 5.97 Å². The molecule has 0 bridgehead atoms. The topological polar surface area (TPSA) is 67.8 Å². The van der Waals surface area contributed by atoms with Crippen LogP contribution in [0, 0.1) is 0 Å². The minimum Gasteiger partial charge on any atom is -0.497 e. The highest BCUT2D eigenvalue weighted by molar-refractivity contribution is 5.73. The molecule has 94 valence electrons. The molecule has 0 fully saturated rings. The van der Waals surface area contributed by atoms with Crippen molar-refractivity contribution in [3.63, 3.8) is 0 Å². The molecule has 1 aromatic rings. The number of carboxylic acid groups (broad SMARTS) is 1. The first-order chi connectivity index (χ1) is 8.17. The zero-order chi connectivity index (χ0) is 12.7. The van der Waals surface area contributed by atoms with E-state index in [-0.39, 0.29) is 6.61 Å². The lowest BCUT2D eigenvalue weighted by Crippen LogP contribution is -2.39. The van der Waals surface area contributed by atoms with Gasteiger partial charge >= 0.3 is 5.97 Å². The van der Waals surface area contributed by atoms with Crippen LogP contribution >= 0.6 is 0 Å². The summed E-state index contributed by atoms with van der Waals surface area (Å²) in [7, 11) is 3.08. The smallest absolute Gasteiger partial charge is 0.323 e. The Hall–Kier alpha value is -1.59. The summed E-state index contributed by atoms with van der Waals surface area (Å²) in [6.07, 6.45) is 0. The number of hydrogen-bond donors (Lipinski definition) is 2. The monoisotopic (exact) mass is 239 g/mol. The van der Waals surface area contributed by atoms with Gasteiger partial charge in [0, 0.05) is 13.7 Å². The summed E-state index contributed by atoms with van der Waals surface area (Å²) in [4.78, 5) is 10.8. The van der Waals surface area contributed by atoms with E-state index >= 15 is 0 Å². The fourth-order valence-corrected chi connectivity index (χ4v) is 1.37. The van der Waals surface area contributed by atoms with Gasteiger partial charge in [-0.05, 0) is 17.7 Å². The first-order valence-corrected chi connectivity index (χ1v) is 5.25. The number of aliphatic carboxylic acids is 1. The van der Waals surface area contributed by atoms with E-state index in [1.807, 2.05) is 24.3 Å². The normalized spacial score (nSPS) is 12.1. The van der Waals surface area contributed by atoms with E-state index in [4.69, 9.17) is 14.6 Å². The molecule has 0 aliphatic rings. The molecule has 1 atom stereocenters. The van der Waals surface area contributed by atoms with Gasteiger partial charge in [0.1, 0.15) is 11.8 Å². The summed E-state index contributed by atoms with van der Waals surface area (Å²) in [6, 6.07) is 6.75. The third-order valence-corrected chi connectivity index (χ3v) is 2.34. The third-order valence-electron chi connectivity index (χ3n) is 2.34. The van der Waals surface area contributed by atoms with Crippen molar-refractivity contribution in [3.8, 4) is 5.75 Å². The Morgan fingerprint density at radius 2 is 2.00 bits per heavy atom. The van der Waals surface area contributed by atoms with Crippen LogP contribution in [0.5, 0.6) is 5.75 Å². The predicted octanol–water partition coefficient (Wildman–Crippen LogP) is 0.884. The second-order valence-corrected chi connectivity index (χ2v) is 3.58. The molecule has 0 aliphatic heterocycles. The Morgan fingerprint density at radius 1 is 1.35 bits per heavy atom. The molecule has 0 radical (unpaired) electrons. The molecule has 0 spiro atoms. The third kappa shape index (κ3) is 4.42. The zero-order valence-corrected chi connectivity index (χ0v) is 9.97. The standard InChI is InChI=1S/C12H17NO4/c1-16-8-11(12(14)15)13-7-9-3-5-10(17-2)6-4-9/h3-6,11,13H,7-8H2,1-2H3,(H,14,15)/t11-/m0/s1. The van der Waals surface area contributed by atoms with Gasteiger partial charge in [0.05, 0.1) is 13.7 Å². The molecule has 0 aromatic heterocycles. The van der Waals surface area contributed by atoms with Gasteiger partial charge in [-0.25, -0.2) is 0 Å². The van der Waals surface area contributed by atoms with Crippen LogP contribution in [0.1, 0.15) is 5.56 Å². The van der Waals surface area contributed by atoms with Crippen LogP contribution in [-0.2, 0) is 16.1 Å². The van der Waals surface area contributed by atoms with Gasteiger partial charge in [-0.1, -0.05) is 12.1 Å².